The van der Waals surface area contributed by atoms with Gasteiger partial charge in [0.25, 0.3) is 0 Å². The molecule has 2 rings (SSSR count). The second-order valence-electron chi connectivity index (χ2n) is 4.51. The number of aryl methyl sites for hydroxylation is 1. The summed E-state index contributed by atoms with van der Waals surface area (Å²) in [5.41, 5.74) is 1.73. The third-order valence-corrected chi connectivity index (χ3v) is 3.03. The predicted octanol–water partition coefficient (Wildman–Crippen LogP) is 4.15. The molecular weight excluding hydrogens is 248 g/mol. The summed E-state index contributed by atoms with van der Waals surface area (Å²) in [5.74, 6) is -1.49. The number of phenolic OH excluding ortho intramolecular Hbond substituents is 1. The van der Waals surface area contributed by atoms with Crippen molar-refractivity contribution < 1.29 is 13.9 Å². The molecule has 2 nitrogen and oxygen atoms in total. The maximum Gasteiger partial charge on any atom is 0.164 e. The van der Waals surface area contributed by atoms with Crippen molar-refractivity contribution >= 4 is 5.69 Å². The Kier molecular flexibility index (Phi) is 3.69. The number of halogens is 2. The van der Waals surface area contributed by atoms with Gasteiger partial charge in [0.2, 0.25) is 0 Å². The molecule has 0 aromatic heterocycles. The molecule has 19 heavy (non-hydrogen) atoms. The van der Waals surface area contributed by atoms with E-state index in [1.54, 1.807) is 38.1 Å². The van der Waals surface area contributed by atoms with Crippen LogP contribution in [0.4, 0.5) is 14.5 Å². The van der Waals surface area contributed by atoms with Gasteiger partial charge in [-0.25, -0.2) is 8.78 Å². The van der Waals surface area contributed by atoms with E-state index in [2.05, 4.69) is 5.32 Å². The Labute approximate surface area is 110 Å². The normalized spacial score (nSPS) is 12.2. The molecule has 0 bridgehead atoms. The Hall–Kier alpha value is -2.10. The lowest BCUT2D eigenvalue weighted by Crippen LogP contribution is -2.09. The second-order valence-corrected chi connectivity index (χ2v) is 4.51. The summed E-state index contributed by atoms with van der Waals surface area (Å²) >= 11 is 0. The van der Waals surface area contributed by atoms with E-state index in [-0.39, 0.29) is 17.4 Å². The van der Waals surface area contributed by atoms with Crippen molar-refractivity contribution in [3.05, 3.63) is 59.2 Å². The summed E-state index contributed by atoms with van der Waals surface area (Å²) in [6.07, 6.45) is 0. The molecule has 4 heteroatoms. The summed E-state index contributed by atoms with van der Waals surface area (Å²) < 4.78 is 26.8. The lowest BCUT2D eigenvalue weighted by Gasteiger charge is -2.17. The van der Waals surface area contributed by atoms with Gasteiger partial charge in [-0.05, 0) is 43.7 Å². The smallest absolute Gasteiger partial charge is 0.164 e. The van der Waals surface area contributed by atoms with E-state index in [1.807, 2.05) is 0 Å². The molecule has 0 fully saturated rings. The second kappa shape index (κ2) is 5.26. The summed E-state index contributed by atoms with van der Waals surface area (Å²) in [7, 11) is 0. The topological polar surface area (TPSA) is 32.3 Å². The highest BCUT2D eigenvalue weighted by molar-refractivity contribution is 5.51. The third-order valence-electron chi connectivity index (χ3n) is 3.03. The Morgan fingerprint density at radius 1 is 1.16 bits per heavy atom. The molecule has 0 saturated heterocycles. The van der Waals surface area contributed by atoms with Crippen LogP contribution in [0.1, 0.15) is 24.1 Å². The number of phenols is 1. The quantitative estimate of drug-likeness (QED) is 0.815. The zero-order chi connectivity index (χ0) is 14.0. The van der Waals surface area contributed by atoms with E-state index < -0.39 is 11.6 Å². The van der Waals surface area contributed by atoms with Crippen molar-refractivity contribution in [3.63, 3.8) is 0 Å². The van der Waals surface area contributed by atoms with Gasteiger partial charge >= 0.3 is 0 Å². The van der Waals surface area contributed by atoms with Gasteiger partial charge in [0.15, 0.2) is 11.6 Å². The first kappa shape index (κ1) is 13.3. The summed E-state index contributed by atoms with van der Waals surface area (Å²) in [6, 6.07) is 8.75. The standard InChI is InChI=1S/C15H15F2NO/c1-9-8-11(6-7-14(9)19)18-10(2)12-4-3-5-13(16)15(12)17/h3-8,10,18-19H,1-2H3. The van der Waals surface area contributed by atoms with Gasteiger partial charge in [-0.3, -0.25) is 0 Å². The van der Waals surface area contributed by atoms with Crippen LogP contribution in [-0.4, -0.2) is 5.11 Å². The first-order valence-corrected chi connectivity index (χ1v) is 5.99. The molecule has 0 radical (unpaired) electrons. The molecule has 2 N–H and O–H groups in total. The van der Waals surface area contributed by atoms with Crippen LogP contribution in [0.15, 0.2) is 36.4 Å². The number of anilines is 1. The highest BCUT2D eigenvalue weighted by Gasteiger charge is 2.14. The number of hydrogen-bond acceptors (Lipinski definition) is 2. The van der Waals surface area contributed by atoms with Crippen LogP contribution in [0.3, 0.4) is 0 Å². The first-order chi connectivity index (χ1) is 8.99. The minimum Gasteiger partial charge on any atom is -0.508 e. The lowest BCUT2D eigenvalue weighted by atomic mass is 10.1. The van der Waals surface area contributed by atoms with Gasteiger partial charge in [-0.2, -0.15) is 0 Å². The Morgan fingerprint density at radius 2 is 1.89 bits per heavy atom. The molecule has 2 aromatic rings. The number of hydrogen-bond donors (Lipinski definition) is 2. The first-order valence-electron chi connectivity index (χ1n) is 5.99. The van der Waals surface area contributed by atoms with Crippen LogP contribution in [-0.2, 0) is 0 Å². The molecule has 0 heterocycles. The largest absolute Gasteiger partial charge is 0.508 e. The van der Waals surface area contributed by atoms with Crippen molar-refractivity contribution in [2.24, 2.45) is 0 Å². The molecule has 0 aliphatic carbocycles. The maximum absolute atomic E-state index is 13.6. The van der Waals surface area contributed by atoms with E-state index in [0.29, 0.717) is 0 Å². The van der Waals surface area contributed by atoms with Crippen LogP contribution in [0, 0.1) is 18.6 Å². The van der Waals surface area contributed by atoms with Crippen molar-refractivity contribution in [1.82, 2.24) is 0 Å². The van der Waals surface area contributed by atoms with Crippen LogP contribution in [0.2, 0.25) is 0 Å². The van der Waals surface area contributed by atoms with Gasteiger partial charge < -0.3 is 10.4 Å². The minimum absolute atomic E-state index is 0.204. The van der Waals surface area contributed by atoms with Gasteiger partial charge in [0.1, 0.15) is 5.75 Å². The Morgan fingerprint density at radius 3 is 2.58 bits per heavy atom. The van der Waals surface area contributed by atoms with Crippen LogP contribution in [0.5, 0.6) is 5.75 Å². The average Bonchev–Trinajstić information content (AvgIpc) is 2.37. The van der Waals surface area contributed by atoms with Gasteiger partial charge in [0, 0.05) is 11.3 Å². The van der Waals surface area contributed by atoms with Gasteiger partial charge in [0.05, 0.1) is 6.04 Å². The Balaban J connectivity index is 2.23. The van der Waals surface area contributed by atoms with Gasteiger partial charge in [-0.15, -0.1) is 0 Å². The van der Waals surface area contributed by atoms with E-state index in [9.17, 15) is 13.9 Å². The Bertz CT molecular complexity index is 599. The SMILES string of the molecule is Cc1cc(NC(C)c2cccc(F)c2F)ccc1O. The molecule has 0 aliphatic heterocycles. The fourth-order valence-corrected chi connectivity index (χ4v) is 1.93. The molecular formula is C15H15F2NO. The fraction of sp³-hybridized carbons (Fsp3) is 0.200. The molecule has 100 valence electrons. The third kappa shape index (κ3) is 2.84. The summed E-state index contributed by atoms with van der Waals surface area (Å²) in [4.78, 5) is 0. The van der Waals surface area contributed by atoms with Crippen LogP contribution in [0.25, 0.3) is 0 Å². The predicted molar refractivity (Wildman–Crippen MR) is 71.2 cm³/mol. The van der Waals surface area contributed by atoms with E-state index in [4.69, 9.17) is 0 Å². The highest BCUT2D eigenvalue weighted by atomic mass is 19.2. The molecule has 2 aromatic carbocycles. The van der Waals surface area contributed by atoms with Crippen molar-refractivity contribution in [2.45, 2.75) is 19.9 Å². The summed E-state index contributed by atoms with van der Waals surface area (Å²) in [6.45, 7) is 3.52. The minimum atomic E-state index is -0.854. The molecule has 0 aliphatic rings. The van der Waals surface area contributed by atoms with Gasteiger partial charge in [-0.1, -0.05) is 12.1 Å². The van der Waals surface area contributed by atoms with Crippen molar-refractivity contribution in [1.29, 1.82) is 0 Å². The highest BCUT2D eigenvalue weighted by Crippen LogP contribution is 2.26. The van der Waals surface area contributed by atoms with Crippen molar-refractivity contribution in [2.75, 3.05) is 5.32 Å². The molecule has 0 spiro atoms. The lowest BCUT2D eigenvalue weighted by molar-refractivity contribution is 0.471. The average molecular weight is 263 g/mol. The molecule has 0 saturated carbocycles. The summed E-state index contributed by atoms with van der Waals surface area (Å²) in [5, 5.41) is 12.5. The van der Waals surface area contributed by atoms with E-state index in [0.717, 1.165) is 17.3 Å². The molecule has 0 amide bonds. The van der Waals surface area contributed by atoms with Crippen LogP contribution < -0.4 is 5.32 Å². The van der Waals surface area contributed by atoms with E-state index >= 15 is 0 Å². The molecule has 1 atom stereocenters. The number of nitrogens with one attached hydrogen (secondary N) is 1. The zero-order valence-electron chi connectivity index (χ0n) is 10.7. The zero-order valence-corrected chi connectivity index (χ0v) is 10.7. The number of aromatic hydroxyl groups is 1. The number of benzene rings is 2. The maximum atomic E-state index is 13.6. The monoisotopic (exact) mass is 263 g/mol. The number of rotatable bonds is 3. The molecule has 1 unspecified atom stereocenters. The fourth-order valence-electron chi connectivity index (χ4n) is 1.93. The van der Waals surface area contributed by atoms with Crippen LogP contribution >= 0.6 is 0 Å². The van der Waals surface area contributed by atoms with Crippen molar-refractivity contribution in [3.8, 4) is 5.75 Å². The van der Waals surface area contributed by atoms with E-state index in [1.165, 1.54) is 6.07 Å².